The third-order valence-electron chi connectivity index (χ3n) is 2.60. The maximum atomic E-state index is 11.9. The number of hydrogen-bond acceptors (Lipinski definition) is 3. The van der Waals surface area contributed by atoms with Gasteiger partial charge in [-0.15, -0.1) is 11.6 Å². The zero-order valence-electron chi connectivity index (χ0n) is 10.5. The van der Waals surface area contributed by atoms with Gasteiger partial charge in [0.25, 0.3) is 0 Å². The highest BCUT2D eigenvalue weighted by atomic mass is 35.5. The van der Waals surface area contributed by atoms with Gasteiger partial charge < -0.3 is 5.32 Å². The van der Waals surface area contributed by atoms with Gasteiger partial charge in [-0.25, -0.2) is 9.97 Å². The Kier molecular flexibility index (Phi) is 4.47. The highest BCUT2D eigenvalue weighted by Gasteiger charge is 2.16. The van der Waals surface area contributed by atoms with Crippen molar-refractivity contribution in [2.45, 2.75) is 18.8 Å². The van der Waals surface area contributed by atoms with Crippen LogP contribution in [0.1, 0.15) is 22.5 Å². The molecule has 1 N–H and O–H groups in total. The van der Waals surface area contributed by atoms with Crippen molar-refractivity contribution in [1.29, 1.82) is 0 Å². The summed E-state index contributed by atoms with van der Waals surface area (Å²) in [6, 6.07) is 11.0. The van der Waals surface area contributed by atoms with E-state index in [1.165, 1.54) is 0 Å². The van der Waals surface area contributed by atoms with Gasteiger partial charge >= 0.3 is 0 Å². The normalized spacial score (nSPS) is 11.9. The minimum atomic E-state index is -0.691. The zero-order valence-corrected chi connectivity index (χ0v) is 11.3. The van der Waals surface area contributed by atoms with Gasteiger partial charge in [0, 0.05) is 6.20 Å². The van der Waals surface area contributed by atoms with Crippen molar-refractivity contribution in [2.75, 3.05) is 0 Å². The van der Waals surface area contributed by atoms with E-state index in [-0.39, 0.29) is 5.91 Å². The van der Waals surface area contributed by atoms with Gasteiger partial charge in [-0.3, -0.25) is 4.79 Å². The second-order valence-electron chi connectivity index (χ2n) is 4.09. The van der Waals surface area contributed by atoms with Gasteiger partial charge in [0.1, 0.15) is 11.2 Å². The number of aryl methyl sites for hydroxylation is 1. The molecule has 0 fully saturated rings. The summed E-state index contributed by atoms with van der Waals surface area (Å²) in [7, 11) is 0. The first kappa shape index (κ1) is 13.5. The number of alkyl halides is 1. The highest BCUT2D eigenvalue weighted by molar-refractivity contribution is 6.30. The van der Waals surface area contributed by atoms with Crippen molar-refractivity contribution in [3.8, 4) is 0 Å². The third kappa shape index (κ3) is 3.76. The van der Waals surface area contributed by atoms with Gasteiger partial charge in [0.15, 0.2) is 0 Å². The molecule has 5 heteroatoms. The van der Waals surface area contributed by atoms with Crippen molar-refractivity contribution in [3.63, 3.8) is 0 Å². The van der Waals surface area contributed by atoms with Crippen LogP contribution in [0.5, 0.6) is 0 Å². The maximum absolute atomic E-state index is 11.9. The number of aromatic nitrogens is 2. The lowest BCUT2D eigenvalue weighted by Gasteiger charge is -2.10. The van der Waals surface area contributed by atoms with Crippen LogP contribution >= 0.6 is 11.6 Å². The lowest BCUT2D eigenvalue weighted by molar-refractivity contribution is -0.121. The number of nitrogens with zero attached hydrogens (tertiary/aromatic N) is 2. The third-order valence-corrected chi connectivity index (χ3v) is 3.05. The molecule has 19 heavy (non-hydrogen) atoms. The van der Waals surface area contributed by atoms with Crippen LogP contribution in [0.15, 0.2) is 42.6 Å². The number of carbonyl (C=O) groups excluding carboxylic acids is 1. The van der Waals surface area contributed by atoms with Gasteiger partial charge in [-0.2, -0.15) is 0 Å². The number of amides is 1. The molecule has 98 valence electrons. The average molecular weight is 276 g/mol. The molecular formula is C14H14ClN3O. The van der Waals surface area contributed by atoms with Gasteiger partial charge in [-0.1, -0.05) is 30.3 Å². The summed E-state index contributed by atoms with van der Waals surface area (Å²) in [5.74, 6) is 0.446. The van der Waals surface area contributed by atoms with Crippen LogP contribution in [0, 0.1) is 6.92 Å². The lowest BCUT2D eigenvalue weighted by atomic mass is 10.1. The molecule has 1 aromatic carbocycles. The highest BCUT2D eigenvalue weighted by Crippen LogP contribution is 2.19. The summed E-state index contributed by atoms with van der Waals surface area (Å²) >= 11 is 6.11. The molecule has 1 amide bonds. The van der Waals surface area contributed by atoms with Crippen molar-refractivity contribution in [3.05, 3.63) is 59.7 Å². The van der Waals surface area contributed by atoms with Crippen LogP contribution in [0.4, 0.5) is 0 Å². The van der Waals surface area contributed by atoms with Crippen molar-refractivity contribution in [2.24, 2.45) is 0 Å². The fourth-order valence-corrected chi connectivity index (χ4v) is 1.87. The standard InChI is InChI=1S/C14H14ClN3O/c1-10-16-8-7-12(18-10)9-17-14(19)13(15)11-5-3-2-4-6-11/h2-8,13H,9H2,1H3,(H,17,19). The zero-order chi connectivity index (χ0) is 13.7. The van der Waals surface area contributed by atoms with Crippen LogP contribution < -0.4 is 5.32 Å². The molecule has 1 unspecified atom stereocenters. The van der Waals surface area contributed by atoms with E-state index < -0.39 is 5.38 Å². The number of hydrogen-bond donors (Lipinski definition) is 1. The Hall–Kier alpha value is -1.94. The Morgan fingerprint density at radius 3 is 2.74 bits per heavy atom. The molecule has 0 aliphatic carbocycles. The number of rotatable bonds is 4. The molecule has 0 spiro atoms. The summed E-state index contributed by atoms with van der Waals surface area (Å²) in [5.41, 5.74) is 1.54. The molecule has 2 aromatic rings. The summed E-state index contributed by atoms with van der Waals surface area (Å²) in [4.78, 5) is 20.1. The van der Waals surface area contributed by atoms with Crippen LogP contribution in [0.2, 0.25) is 0 Å². The Balaban J connectivity index is 1.95. The Morgan fingerprint density at radius 2 is 2.05 bits per heavy atom. The van der Waals surface area contributed by atoms with Gasteiger partial charge in [0.05, 0.1) is 12.2 Å². The van der Waals surface area contributed by atoms with Gasteiger partial charge in [-0.05, 0) is 18.6 Å². The quantitative estimate of drug-likeness (QED) is 0.872. The number of halogens is 1. The first-order valence-electron chi connectivity index (χ1n) is 5.92. The minimum Gasteiger partial charge on any atom is -0.349 e. The predicted octanol–water partition coefficient (Wildman–Crippen LogP) is 2.38. The summed E-state index contributed by atoms with van der Waals surface area (Å²) in [6.45, 7) is 2.15. The number of nitrogens with one attached hydrogen (secondary N) is 1. The lowest BCUT2D eigenvalue weighted by Crippen LogP contribution is -2.27. The van der Waals surface area contributed by atoms with Gasteiger partial charge in [0.2, 0.25) is 5.91 Å². The van der Waals surface area contributed by atoms with Crippen molar-refractivity contribution < 1.29 is 4.79 Å². The van der Waals surface area contributed by atoms with E-state index in [0.717, 1.165) is 11.3 Å². The smallest absolute Gasteiger partial charge is 0.242 e. The molecule has 0 radical (unpaired) electrons. The predicted molar refractivity (Wildman–Crippen MR) is 73.7 cm³/mol. The Bertz CT molecular complexity index is 560. The van der Waals surface area contributed by atoms with Crippen molar-refractivity contribution in [1.82, 2.24) is 15.3 Å². The molecule has 0 saturated carbocycles. The van der Waals surface area contributed by atoms with E-state index in [1.54, 1.807) is 19.2 Å². The fraction of sp³-hybridized carbons (Fsp3) is 0.214. The van der Waals surface area contributed by atoms with Crippen LogP contribution in [-0.4, -0.2) is 15.9 Å². The van der Waals surface area contributed by atoms with E-state index in [9.17, 15) is 4.79 Å². The average Bonchev–Trinajstić information content (AvgIpc) is 2.45. The van der Waals surface area contributed by atoms with Crippen LogP contribution in [0.25, 0.3) is 0 Å². The van der Waals surface area contributed by atoms with Crippen molar-refractivity contribution >= 4 is 17.5 Å². The fourth-order valence-electron chi connectivity index (χ4n) is 1.64. The second-order valence-corrected chi connectivity index (χ2v) is 4.52. The molecule has 0 aliphatic heterocycles. The first-order valence-corrected chi connectivity index (χ1v) is 6.35. The Labute approximate surface area is 116 Å². The molecule has 1 heterocycles. The van der Waals surface area contributed by atoms with E-state index in [2.05, 4.69) is 15.3 Å². The van der Waals surface area contributed by atoms with E-state index in [1.807, 2.05) is 30.3 Å². The number of benzene rings is 1. The van der Waals surface area contributed by atoms with E-state index in [4.69, 9.17) is 11.6 Å². The SMILES string of the molecule is Cc1nccc(CNC(=O)C(Cl)c2ccccc2)n1. The number of carbonyl (C=O) groups is 1. The summed E-state index contributed by atoms with van der Waals surface area (Å²) in [6.07, 6.45) is 1.67. The molecule has 0 bridgehead atoms. The molecule has 0 aliphatic rings. The summed E-state index contributed by atoms with van der Waals surface area (Å²) in [5, 5.41) is 2.07. The van der Waals surface area contributed by atoms with Crippen LogP contribution in [0.3, 0.4) is 0 Å². The summed E-state index contributed by atoms with van der Waals surface area (Å²) < 4.78 is 0. The van der Waals surface area contributed by atoms with E-state index in [0.29, 0.717) is 12.4 Å². The topological polar surface area (TPSA) is 54.9 Å². The maximum Gasteiger partial charge on any atom is 0.242 e. The Morgan fingerprint density at radius 1 is 1.32 bits per heavy atom. The molecule has 1 aromatic heterocycles. The minimum absolute atomic E-state index is 0.232. The largest absolute Gasteiger partial charge is 0.349 e. The van der Waals surface area contributed by atoms with E-state index >= 15 is 0 Å². The first-order chi connectivity index (χ1) is 9.16. The molecule has 2 rings (SSSR count). The molecule has 0 saturated heterocycles. The second kappa shape index (κ2) is 6.29. The molecule has 1 atom stereocenters. The molecule has 4 nitrogen and oxygen atoms in total. The monoisotopic (exact) mass is 275 g/mol. The van der Waals surface area contributed by atoms with Crippen LogP contribution in [-0.2, 0) is 11.3 Å². The molecular weight excluding hydrogens is 262 g/mol.